The third-order valence-electron chi connectivity index (χ3n) is 3.17. The topological polar surface area (TPSA) is 57.4 Å². The zero-order chi connectivity index (χ0) is 12.1. The van der Waals surface area contributed by atoms with Gasteiger partial charge in [0, 0.05) is 45.8 Å². The quantitative estimate of drug-likeness (QED) is 0.762. The fraction of sp³-hybridized carbons (Fsp3) is 0.818. The molecule has 0 aliphatic carbocycles. The van der Waals surface area contributed by atoms with Crippen LogP contribution in [0.4, 0.5) is 0 Å². The summed E-state index contributed by atoms with van der Waals surface area (Å²) in [5, 5.41) is 11.0. The molecule has 2 rings (SSSR count). The van der Waals surface area contributed by atoms with Gasteiger partial charge in [-0.3, -0.25) is 9.80 Å². The molecule has 0 saturated carbocycles. The average molecular weight is 239 g/mol. The molecule has 6 nitrogen and oxygen atoms in total. The minimum Gasteiger partial charge on any atom is -0.314 e. The van der Waals surface area contributed by atoms with E-state index in [-0.39, 0.29) is 0 Å². The summed E-state index contributed by atoms with van der Waals surface area (Å²) in [5.74, 6) is 0. The smallest absolute Gasteiger partial charge is 0.122 e. The van der Waals surface area contributed by atoms with Crippen LogP contribution in [-0.2, 0) is 6.54 Å². The maximum absolute atomic E-state index is 4.70. The van der Waals surface area contributed by atoms with Crippen LogP contribution in [0.1, 0.15) is 11.4 Å². The van der Waals surface area contributed by atoms with Crippen LogP contribution in [0.15, 0.2) is 4.63 Å². The highest BCUT2D eigenvalue weighted by molar-refractivity contribution is 5.03. The molecule has 6 heteroatoms. The van der Waals surface area contributed by atoms with E-state index >= 15 is 0 Å². The summed E-state index contributed by atoms with van der Waals surface area (Å²) >= 11 is 0. The molecule has 1 aliphatic heterocycles. The SMILES string of the molecule is Cc1nonc1CN(C)CCN1CCNCC1. The normalized spacial score (nSPS) is 17.8. The van der Waals surface area contributed by atoms with Gasteiger partial charge >= 0.3 is 0 Å². The molecule has 0 bridgehead atoms. The molecule has 1 aliphatic rings. The molecule has 96 valence electrons. The highest BCUT2D eigenvalue weighted by Crippen LogP contribution is 2.04. The standard InChI is InChI=1S/C11H21N5O/c1-10-11(14-17-13-10)9-15(2)7-8-16-5-3-12-4-6-16/h12H,3-9H2,1-2H3. The van der Waals surface area contributed by atoms with Crippen molar-refractivity contribution in [2.75, 3.05) is 46.3 Å². The van der Waals surface area contributed by atoms with Crippen LogP contribution >= 0.6 is 0 Å². The highest BCUT2D eigenvalue weighted by Gasteiger charge is 2.12. The van der Waals surface area contributed by atoms with Crippen molar-refractivity contribution >= 4 is 0 Å². The Morgan fingerprint density at radius 2 is 2.12 bits per heavy atom. The molecule has 0 unspecified atom stereocenters. The largest absolute Gasteiger partial charge is 0.314 e. The van der Waals surface area contributed by atoms with Gasteiger partial charge < -0.3 is 5.32 Å². The molecule has 0 spiro atoms. The lowest BCUT2D eigenvalue weighted by Gasteiger charge is -2.28. The predicted octanol–water partition coefficient (Wildman–Crippen LogP) is -0.285. The number of rotatable bonds is 5. The molecule has 0 amide bonds. The molecule has 0 radical (unpaired) electrons. The number of aryl methyl sites for hydroxylation is 1. The van der Waals surface area contributed by atoms with Crippen LogP contribution in [-0.4, -0.2) is 66.4 Å². The molecular formula is C11H21N5O. The van der Waals surface area contributed by atoms with Crippen molar-refractivity contribution in [2.45, 2.75) is 13.5 Å². The first-order chi connectivity index (χ1) is 8.25. The van der Waals surface area contributed by atoms with Gasteiger partial charge in [0.05, 0.1) is 0 Å². The Hall–Kier alpha value is -0.980. The van der Waals surface area contributed by atoms with Gasteiger partial charge in [0.25, 0.3) is 0 Å². The highest BCUT2D eigenvalue weighted by atomic mass is 16.6. The Morgan fingerprint density at radius 3 is 2.76 bits per heavy atom. The third-order valence-corrected chi connectivity index (χ3v) is 3.17. The van der Waals surface area contributed by atoms with Crippen molar-refractivity contribution in [3.63, 3.8) is 0 Å². The number of nitrogens with one attached hydrogen (secondary N) is 1. The summed E-state index contributed by atoms with van der Waals surface area (Å²) in [6.07, 6.45) is 0. The summed E-state index contributed by atoms with van der Waals surface area (Å²) in [5.41, 5.74) is 1.83. The molecule has 0 atom stereocenters. The van der Waals surface area contributed by atoms with E-state index in [1.165, 1.54) is 0 Å². The van der Waals surface area contributed by atoms with Crippen LogP contribution in [0, 0.1) is 6.92 Å². The second-order valence-electron chi connectivity index (χ2n) is 4.63. The van der Waals surface area contributed by atoms with Gasteiger partial charge in [0.15, 0.2) is 0 Å². The molecule has 17 heavy (non-hydrogen) atoms. The molecule has 1 N–H and O–H groups in total. The lowest BCUT2D eigenvalue weighted by atomic mass is 10.3. The van der Waals surface area contributed by atoms with Crippen LogP contribution in [0.25, 0.3) is 0 Å². The monoisotopic (exact) mass is 239 g/mol. The van der Waals surface area contributed by atoms with E-state index in [4.69, 9.17) is 4.63 Å². The van der Waals surface area contributed by atoms with Crippen LogP contribution < -0.4 is 5.32 Å². The van der Waals surface area contributed by atoms with Crippen molar-refractivity contribution in [1.82, 2.24) is 25.4 Å². The number of hydrogen-bond donors (Lipinski definition) is 1. The summed E-state index contributed by atoms with van der Waals surface area (Å²) in [7, 11) is 2.11. The van der Waals surface area contributed by atoms with Crippen LogP contribution in [0.5, 0.6) is 0 Å². The van der Waals surface area contributed by atoms with Crippen molar-refractivity contribution in [3.8, 4) is 0 Å². The second-order valence-corrected chi connectivity index (χ2v) is 4.63. The lowest BCUT2D eigenvalue weighted by Crippen LogP contribution is -2.45. The number of hydrogen-bond acceptors (Lipinski definition) is 6. The molecule has 1 aromatic rings. The predicted molar refractivity (Wildman–Crippen MR) is 64.7 cm³/mol. The van der Waals surface area contributed by atoms with Gasteiger partial charge in [-0.05, 0) is 14.0 Å². The fourth-order valence-corrected chi connectivity index (χ4v) is 1.97. The third kappa shape index (κ3) is 3.76. The number of piperazine rings is 1. The zero-order valence-corrected chi connectivity index (χ0v) is 10.6. The number of aromatic nitrogens is 2. The summed E-state index contributed by atoms with van der Waals surface area (Å²) in [4.78, 5) is 4.75. The minimum absolute atomic E-state index is 0.807. The van der Waals surface area contributed by atoms with Crippen molar-refractivity contribution < 1.29 is 4.63 Å². The van der Waals surface area contributed by atoms with Gasteiger partial charge in [-0.15, -0.1) is 0 Å². The van der Waals surface area contributed by atoms with E-state index < -0.39 is 0 Å². The first kappa shape index (κ1) is 12.5. The Balaban J connectivity index is 1.70. The van der Waals surface area contributed by atoms with Crippen molar-refractivity contribution in [1.29, 1.82) is 0 Å². The molecule has 2 heterocycles. The maximum atomic E-state index is 4.70. The Labute approximate surface area is 102 Å². The van der Waals surface area contributed by atoms with Crippen LogP contribution in [0.2, 0.25) is 0 Å². The molecule has 1 saturated heterocycles. The van der Waals surface area contributed by atoms with E-state index in [0.29, 0.717) is 0 Å². The van der Waals surface area contributed by atoms with E-state index in [0.717, 1.165) is 57.2 Å². The molecule has 1 fully saturated rings. The molecule has 0 aromatic carbocycles. The van der Waals surface area contributed by atoms with Gasteiger partial charge in [0.2, 0.25) is 0 Å². The minimum atomic E-state index is 0.807. The molecular weight excluding hydrogens is 218 g/mol. The van der Waals surface area contributed by atoms with Gasteiger partial charge in [0.1, 0.15) is 11.4 Å². The Kier molecular flexibility index (Phi) is 4.47. The fourth-order valence-electron chi connectivity index (χ4n) is 1.97. The summed E-state index contributed by atoms with van der Waals surface area (Å²) < 4.78 is 4.70. The van der Waals surface area contributed by atoms with Crippen molar-refractivity contribution in [3.05, 3.63) is 11.4 Å². The average Bonchev–Trinajstić information content (AvgIpc) is 2.74. The Bertz CT molecular complexity index is 334. The maximum Gasteiger partial charge on any atom is 0.122 e. The number of nitrogens with zero attached hydrogens (tertiary/aromatic N) is 4. The van der Waals surface area contributed by atoms with Gasteiger partial charge in [-0.2, -0.15) is 0 Å². The van der Waals surface area contributed by atoms with E-state index in [1.807, 2.05) is 6.92 Å². The zero-order valence-electron chi connectivity index (χ0n) is 10.6. The molecule has 1 aromatic heterocycles. The summed E-state index contributed by atoms with van der Waals surface area (Å²) in [6.45, 7) is 9.41. The van der Waals surface area contributed by atoms with Crippen molar-refractivity contribution in [2.24, 2.45) is 0 Å². The van der Waals surface area contributed by atoms with E-state index in [9.17, 15) is 0 Å². The summed E-state index contributed by atoms with van der Waals surface area (Å²) in [6, 6.07) is 0. The number of likely N-dealkylation sites (N-methyl/N-ethyl adjacent to an activating group) is 1. The first-order valence-electron chi connectivity index (χ1n) is 6.15. The van der Waals surface area contributed by atoms with E-state index in [2.05, 4.69) is 32.5 Å². The first-order valence-corrected chi connectivity index (χ1v) is 6.15. The van der Waals surface area contributed by atoms with Crippen LogP contribution in [0.3, 0.4) is 0 Å². The van der Waals surface area contributed by atoms with Gasteiger partial charge in [-0.25, -0.2) is 4.63 Å². The Morgan fingerprint density at radius 1 is 1.35 bits per heavy atom. The lowest BCUT2D eigenvalue weighted by molar-refractivity contribution is 0.200. The second kappa shape index (κ2) is 6.09. The van der Waals surface area contributed by atoms with E-state index in [1.54, 1.807) is 0 Å². The van der Waals surface area contributed by atoms with Gasteiger partial charge in [-0.1, -0.05) is 10.3 Å².